The van der Waals surface area contributed by atoms with Crippen LogP contribution in [-0.2, 0) is 10.0 Å². The van der Waals surface area contributed by atoms with E-state index in [9.17, 15) is 18.3 Å². The minimum atomic E-state index is -3.75. The van der Waals surface area contributed by atoms with Crippen molar-refractivity contribution in [2.45, 2.75) is 18.7 Å². The maximum absolute atomic E-state index is 12.2. The molecule has 0 bridgehead atoms. The number of aromatic carboxylic acids is 1. The molecule has 0 amide bonds. The second-order valence-electron chi connectivity index (χ2n) is 4.66. The molecule has 0 heterocycles. The Kier molecular flexibility index (Phi) is 4.54. The van der Waals surface area contributed by atoms with Gasteiger partial charge < -0.3 is 10.2 Å². The average molecular weight is 287 g/mol. The summed E-state index contributed by atoms with van der Waals surface area (Å²) in [4.78, 5) is 10.7. The first kappa shape index (κ1) is 15.5. The maximum atomic E-state index is 12.2. The summed E-state index contributed by atoms with van der Waals surface area (Å²) in [5.41, 5.74) is -0.431. The Hall–Kier alpha value is -1.60. The third kappa shape index (κ3) is 3.45. The average Bonchev–Trinajstić information content (AvgIpc) is 2.27. The largest absolute Gasteiger partial charge is 0.507 e. The predicted octanol–water partition coefficient (Wildman–Crippen LogP) is 1.37. The molecule has 0 fully saturated rings. The van der Waals surface area contributed by atoms with E-state index in [2.05, 4.69) is 0 Å². The molecule has 19 heavy (non-hydrogen) atoms. The molecule has 0 atom stereocenters. The number of carbonyl (C=O) groups is 1. The van der Waals surface area contributed by atoms with Gasteiger partial charge in [-0.25, -0.2) is 17.5 Å². The standard InChI is InChI=1S/C12H17NO5S/c1-8(2)7-13(3)19(17,18)9-4-5-11(14)10(6-9)12(15)16/h4-6,8,14H,7H2,1-3H3,(H,15,16). The van der Waals surface area contributed by atoms with Gasteiger partial charge >= 0.3 is 5.97 Å². The Morgan fingerprint density at radius 2 is 1.95 bits per heavy atom. The lowest BCUT2D eigenvalue weighted by molar-refractivity contribution is 0.0693. The van der Waals surface area contributed by atoms with Gasteiger partial charge in [0.15, 0.2) is 0 Å². The zero-order chi connectivity index (χ0) is 14.8. The number of carboxylic acid groups (broad SMARTS) is 1. The number of hydrogen-bond donors (Lipinski definition) is 2. The summed E-state index contributed by atoms with van der Waals surface area (Å²) >= 11 is 0. The second kappa shape index (κ2) is 5.58. The van der Waals surface area contributed by atoms with E-state index in [1.807, 2.05) is 13.8 Å². The molecule has 6 nitrogen and oxygen atoms in total. The third-order valence-electron chi connectivity index (χ3n) is 2.53. The van der Waals surface area contributed by atoms with Gasteiger partial charge in [0.1, 0.15) is 11.3 Å². The van der Waals surface area contributed by atoms with E-state index in [4.69, 9.17) is 5.11 Å². The molecule has 0 saturated carbocycles. The molecular weight excluding hydrogens is 270 g/mol. The molecule has 7 heteroatoms. The maximum Gasteiger partial charge on any atom is 0.339 e. The molecule has 0 aliphatic heterocycles. The molecule has 2 N–H and O–H groups in total. The van der Waals surface area contributed by atoms with Gasteiger partial charge in [0.05, 0.1) is 4.90 Å². The Morgan fingerprint density at radius 3 is 2.42 bits per heavy atom. The van der Waals surface area contributed by atoms with Crippen LogP contribution in [0.3, 0.4) is 0 Å². The number of aromatic hydroxyl groups is 1. The number of sulfonamides is 1. The van der Waals surface area contributed by atoms with E-state index >= 15 is 0 Å². The van der Waals surface area contributed by atoms with Crippen LogP contribution in [0.15, 0.2) is 23.1 Å². The molecule has 0 saturated heterocycles. The SMILES string of the molecule is CC(C)CN(C)S(=O)(=O)c1ccc(O)c(C(=O)O)c1. The van der Waals surface area contributed by atoms with Crippen LogP contribution < -0.4 is 0 Å². The number of phenols is 1. The van der Waals surface area contributed by atoms with Gasteiger partial charge in [-0.15, -0.1) is 0 Å². The highest BCUT2D eigenvalue weighted by Gasteiger charge is 2.23. The molecule has 0 radical (unpaired) electrons. The molecule has 1 aromatic carbocycles. The summed E-state index contributed by atoms with van der Waals surface area (Å²) in [5, 5.41) is 18.2. The highest BCUT2D eigenvalue weighted by molar-refractivity contribution is 7.89. The summed E-state index contributed by atoms with van der Waals surface area (Å²) in [6, 6.07) is 3.22. The number of nitrogens with zero attached hydrogens (tertiary/aromatic N) is 1. The van der Waals surface area contributed by atoms with E-state index in [0.29, 0.717) is 6.54 Å². The van der Waals surface area contributed by atoms with Crippen molar-refractivity contribution in [1.29, 1.82) is 0 Å². The van der Waals surface area contributed by atoms with Crippen molar-refractivity contribution >= 4 is 16.0 Å². The van der Waals surface area contributed by atoms with E-state index in [1.165, 1.54) is 13.1 Å². The Bertz CT molecular complexity index is 580. The van der Waals surface area contributed by atoms with Crippen LogP contribution in [0.1, 0.15) is 24.2 Å². The monoisotopic (exact) mass is 287 g/mol. The van der Waals surface area contributed by atoms with Crippen molar-refractivity contribution in [3.63, 3.8) is 0 Å². The summed E-state index contributed by atoms with van der Waals surface area (Å²) in [6.07, 6.45) is 0. The van der Waals surface area contributed by atoms with Crippen molar-refractivity contribution < 1.29 is 23.4 Å². The van der Waals surface area contributed by atoms with Crippen LogP contribution in [0, 0.1) is 5.92 Å². The van der Waals surface area contributed by atoms with E-state index in [-0.39, 0.29) is 10.8 Å². The van der Waals surface area contributed by atoms with Crippen molar-refractivity contribution in [2.75, 3.05) is 13.6 Å². The topological polar surface area (TPSA) is 94.9 Å². The quantitative estimate of drug-likeness (QED) is 0.852. The number of hydrogen-bond acceptors (Lipinski definition) is 4. The highest BCUT2D eigenvalue weighted by atomic mass is 32.2. The fraction of sp³-hybridized carbons (Fsp3) is 0.417. The minimum Gasteiger partial charge on any atom is -0.507 e. The van der Waals surface area contributed by atoms with Gasteiger partial charge in [-0.1, -0.05) is 13.8 Å². The fourth-order valence-electron chi connectivity index (χ4n) is 1.64. The van der Waals surface area contributed by atoms with Gasteiger partial charge in [-0.3, -0.25) is 0 Å². The van der Waals surface area contributed by atoms with Crippen molar-refractivity contribution in [2.24, 2.45) is 5.92 Å². The molecule has 0 aliphatic carbocycles. The van der Waals surface area contributed by atoms with E-state index in [1.54, 1.807) is 0 Å². The third-order valence-corrected chi connectivity index (χ3v) is 4.35. The summed E-state index contributed by atoms with van der Waals surface area (Å²) in [5.74, 6) is -1.69. The van der Waals surface area contributed by atoms with Crippen molar-refractivity contribution in [3.05, 3.63) is 23.8 Å². The van der Waals surface area contributed by atoms with Gasteiger partial charge in [0, 0.05) is 13.6 Å². The lowest BCUT2D eigenvalue weighted by atomic mass is 10.2. The first-order chi connectivity index (χ1) is 8.66. The first-order valence-corrected chi connectivity index (χ1v) is 7.13. The Labute approximate surface area is 112 Å². The second-order valence-corrected chi connectivity index (χ2v) is 6.71. The predicted molar refractivity (Wildman–Crippen MR) is 69.7 cm³/mol. The summed E-state index contributed by atoms with van der Waals surface area (Å²) < 4.78 is 25.6. The lowest BCUT2D eigenvalue weighted by Crippen LogP contribution is -2.30. The lowest BCUT2D eigenvalue weighted by Gasteiger charge is -2.19. The number of rotatable bonds is 5. The van der Waals surface area contributed by atoms with Crippen molar-refractivity contribution in [1.82, 2.24) is 4.31 Å². The van der Waals surface area contributed by atoms with Crippen LogP contribution in [0.5, 0.6) is 5.75 Å². The summed E-state index contributed by atoms with van der Waals surface area (Å²) in [6.45, 7) is 4.09. The number of carboxylic acids is 1. The van der Waals surface area contributed by atoms with Crippen LogP contribution >= 0.6 is 0 Å². The molecule has 0 unspecified atom stereocenters. The normalized spacial score (nSPS) is 12.1. The molecular formula is C12H17NO5S. The zero-order valence-electron chi connectivity index (χ0n) is 11.0. The van der Waals surface area contributed by atoms with Crippen LogP contribution in [0.25, 0.3) is 0 Å². The molecule has 0 spiro atoms. The van der Waals surface area contributed by atoms with Crippen LogP contribution in [0.2, 0.25) is 0 Å². The first-order valence-electron chi connectivity index (χ1n) is 5.69. The van der Waals surface area contributed by atoms with Gasteiger partial charge in [0.2, 0.25) is 10.0 Å². The van der Waals surface area contributed by atoms with Crippen LogP contribution in [-0.4, -0.2) is 42.5 Å². The molecule has 1 aromatic rings. The molecule has 1 rings (SSSR count). The molecule has 0 aromatic heterocycles. The fourth-order valence-corrected chi connectivity index (χ4v) is 3.00. The smallest absolute Gasteiger partial charge is 0.339 e. The van der Waals surface area contributed by atoms with Gasteiger partial charge in [-0.2, -0.15) is 0 Å². The van der Waals surface area contributed by atoms with E-state index in [0.717, 1.165) is 16.4 Å². The molecule has 0 aliphatic rings. The minimum absolute atomic E-state index is 0.147. The number of benzene rings is 1. The van der Waals surface area contributed by atoms with Crippen molar-refractivity contribution in [3.8, 4) is 5.75 Å². The zero-order valence-corrected chi connectivity index (χ0v) is 11.8. The Balaban J connectivity index is 3.22. The van der Waals surface area contributed by atoms with E-state index < -0.39 is 27.3 Å². The van der Waals surface area contributed by atoms with Gasteiger partial charge in [0.25, 0.3) is 0 Å². The van der Waals surface area contributed by atoms with Crippen LogP contribution in [0.4, 0.5) is 0 Å². The molecule has 106 valence electrons. The van der Waals surface area contributed by atoms with Gasteiger partial charge in [-0.05, 0) is 24.1 Å². The Morgan fingerprint density at radius 1 is 1.37 bits per heavy atom. The highest BCUT2D eigenvalue weighted by Crippen LogP contribution is 2.23. The summed E-state index contributed by atoms with van der Waals surface area (Å²) in [7, 11) is -2.31.